The molecule has 0 amide bonds. The first-order valence-corrected chi connectivity index (χ1v) is 14.4. The lowest BCUT2D eigenvalue weighted by Gasteiger charge is -2.26. The van der Waals surface area contributed by atoms with Gasteiger partial charge in [0.05, 0.1) is 24.4 Å². The van der Waals surface area contributed by atoms with Gasteiger partial charge in [-0.2, -0.15) is 5.10 Å². The van der Waals surface area contributed by atoms with Gasteiger partial charge in [0.15, 0.2) is 10.7 Å². The number of aromatic nitrogens is 4. The van der Waals surface area contributed by atoms with Crippen LogP contribution in [-0.4, -0.2) is 44.3 Å². The molecule has 2 aromatic heterocycles. The van der Waals surface area contributed by atoms with Gasteiger partial charge in [0.2, 0.25) is 0 Å². The molecule has 4 rings (SSSR count). The van der Waals surface area contributed by atoms with Crippen molar-refractivity contribution in [2.75, 3.05) is 24.3 Å². The molecule has 200 valence electrons. The van der Waals surface area contributed by atoms with E-state index in [1.165, 1.54) is 5.56 Å². The Hall–Kier alpha value is -3.59. The van der Waals surface area contributed by atoms with Crippen LogP contribution in [0.2, 0.25) is 0 Å². The monoisotopic (exact) mass is 532 g/mol. The van der Waals surface area contributed by atoms with Crippen LogP contribution in [0.15, 0.2) is 58.3 Å². The number of aromatic amines is 1. The first kappa shape index (κ1) is 27.4. The number of nitrogens with one attached hydrogen (secondary N) is 1. The van der Waals surface area contributed by atoms with Crippen LogP contribution >= 0.6 is 11.8 Å². The third-order valence-corrected chi connectivity index (χ3v) is 6.85. The van der Waals surface area contributed by atoms with E-state index < -0.39 is 0 Å². The number of thioether (sulfide) groups is 1. The van der Waals surface area contributed by atoms with Gasteiger partial charge in [0.25, 0.3) is 5.56 Å². The maximum atomic E-state index is 13.2. The number of nitrogens with zero attached hydrogens (tertiary/aromatic N) is 5. The number of hydrogen-bond donors (Lipinski definition) is 1. The van der Waals surface area contributed by atoms with Gasteiger partial charge >= 0.3 is 0 Å². The zero-order chi connectivity index (χ0) is 27.1. The van der Waals surface area contributed by atoms with Crippen molar-refractivity contribution in [1.82, 2.24) is 19.7 Å². The highest BCUT2D eigenvalue weighted by molar-refractivity contribution is 8.13. The van der Waals surface area contributed by atoms with Gasteiger partial charge in [0, 0.05) is 19.3 Å². The molecule has 0 bridgehead atoms. The summed E-state index contributed by atoms with van der Waals surface area (Å²) in [7, 11) is 1.78. The van der Waals surface area contributed by atoms with E-state index in [1.54, 1.807) is 23.5 Å². The van der Waals surface area contributed by atoms with Crippen molar-refractivity contribution >= 4 is 33.7 Å². The van der Waals surface area contributed by atoms with Crippen molar-refractivity contribution in [1.29, 1.82) is 0 Å². The van der Waals surface area contributed by atoms with Crippen molar-refractivity contribution < 1.29 is 4.74 Å². The van der Waals surface area contributed by atoms with Crippen LogP contribution in [0.4, 0.5) is 5.69 Å². The molecule has 0 aliphatic carbocycles. The fourth-order valence-electron chi connectivity index (χ4n) is 4.42. The lowest BCUT2D eigenvalue weighted by molar-refractivity contribution is 0.318. The quantitative estimate of drug-likeness (QED) is 0.205. The zero-order valence-corrected chi connectivity index (χ0v) is 23.6. The molecule has 0 spiro atoms. The van der Waals surface area contributed by atoms with E-state index in [2.05, 4.69) is 41.0 Å². The van der Waals surface area contributed by atoms with Crippen molar-refractivity contribution in [2.24, 2.45) is 12.0 Å². The molecule has 8 nitrogen and oxygen atoms in total. The molecular formula is C29H36N6O2S. The fourth-order valence-corrected chi connectivity index (χ4v) is 5.07. The average Bonchev–Trinajstić information content (AvgIpc) is 3.25. The van der Waals surface area contributed by atoms with Crippen LogP contribution in [0.5, 0.6) is 5.75 Å². The summed E-state index contributed by atoms with van der Waals surface area (Å²) in [5.74, 6) is 1.15. The molecule has 0 aliphatic heterocycles. The van der Waals surface area contributed by atoms with Gasteiger partial charge in [0.1, 0.15) is 17.1 Å². The van der Waals surface area contributed by atoms with E-state index in [0.29, 0.717) is 42.3 Å². The summed E-state index contributed by atoms with van der Waals surface area (Å²) in [5, 5.41) is 5.49. The number of hydrogen-bond acceptors (Lipinski definition) is 6. The van der Waals surface area contributed by atoms with Gasteiger partial charge in [-0.3, -0.25) is 14.5 Å². The molecule has 0 saturated carbocycles. The predicted octanol–water partition coefficient (Wildman–Crippen LogP) is 5.81. The van der Waals surface area contributed by atoms with Crippen LogP contribution < -0.4 is 15.2 Å². The number of amidine groups is 1. The summed E-state index contributed by atoms with van der Waals surface area (Å²) in [5.41, 5.74) is 4.58. The summed E-state index contributed by atoms with van der Waals surface area (Å²) in [6.07, 6.45) is 4.57. The van der Waals surface area contributed by atoms with Crippen LogP contribution in [0.3, 0.4) is 0 Å². The number of benzene rings is 2. The second-order valence-electron chi connectivity index (χ2n) is 8.99. The molecule has 0 aliphatic rings. The third kappa shape index (κ3) is 5.93. The molecule has 2 aromatic carbocycles. The Morgan fingerprint density at radius 1 is 1.13 bits per heavy atom. The minimum absolute atomic E-state index is 0.215. The van der Waals surface area contributed by atoms with Gasteiger partial charge in [-0.1, -0.05) is 62.4 Å². The molecular weight excluding hydrogens is 496 g/mol. The highest BCUT2D eigenvalue weighted by Crippen LogP contribution is 2.34. The van der Waals surface area contributed by atoms with E-state index in [1.807, 2.05) is 49.6 Å². The minimum atomic E-state index is -0.215. The van der Waals surface area contributed by atoms with Crippen molar-refractivity contribution in [3.63, 3.8) is 0 Å². The molecule has 0 saturated heterocycles. The number of aliphatic imine (C=N–C) groups is 1. The summed E-state index contributed by atoms with van der Waals surface area (Å²) in [4.78, 5) is 28.1. The first-order valence-electron chi connectivity index (χ1n) is 13.1. The Bertz CT molecular complexity index is 1460. The third-order valence-electron chi connectivity index (χ3n) is 6.13. The highest BCUT2D eigenvalue weighted by Gasteiger charge is 2.20. The Kier molecular flexibility index (Phi) is 9.23. The van der Waals surface area contributed by atoms with Crippen molar-refractivity contribution in [2.45, 2.75) is 46.6 Å². The lowest BCUT2D eigenvalue weighted by Crippen LogP contribution is -2.28. The highest BCUT2D eigenvalue weighted by atomic mass is 32.2. The molecule has 38 heavy (non-hydrogen) atoms. The first-order chi connectivity index (χ1) is 18.5. The average molecular weight is 533 g/mol. The Balaban J connectivity index is 1.89. The van der Waals surface area contributed by atoms with Crippen LogP contribution in [-0.2, 0) is 20.0 Å². The molecule has 0 atom stereocenters. The maximum absolute atomic E-state index is 13.2. The van der Waals surface area contributed by atoms with Crippen LogP contribution in [0.1, 0.15) is 44.9 Å². The van der Waals surface area contributed by atoms with Gasteiger partial charge in [-0.25, -0.2) is 4.98 Å². The summed E-state index contributed by atoms with van der Waals surface area (Å²) >= 11 is 1.61. The summed E-state index contributed by atoms with van der Waals surface area (Å²) in [6.45, 7) is 8.10. The summed E-state index contributed by atoms with van der Waals surface area (Å²) in [6, 6.07) is 16.4. The van der Waals surface area contributed by atoms with E-state index >= 15 is 0 Å². The van der Waals surface area contributed by atoms with E-state index in [9.17, 15) is 4.79 Å². The van der Waals surface area contributed by atoms with Crippen molar-refractivity contribution in [3.8, 4) is 17.1 Å². The van der Waals surface area contributed by atoms with Gasteiger partial charge < -0.3 is 14.6 Å². The Morgan fingerprint density at radius 2 is 1.92 bits per heavy atom. The number of ether oxygens (including phenoxy) is 1. The number of aryl methyl sites for hydroxylation is 2. The van der Waals surface area contributed by atoms with E-state index in [4.69, 9.17) is 14.7 Å². The summed E-state index contributed by atoms with van der Waals surface area (Å²) < 4.78 is 7.75. The molecule has 4 aromatic rings. The largest absolute Gasteiger partial charge is 0.493 e. The number of H-pyrrole nitrogens is 1. The fraction of sp³-hybridized carbons (Fsp3) is 0.379. The predicted molar refractivity (Wildman–Crippen MR) is 158 cm³/mol. The second kappa shape index (κ2) is 12.8. The molecule has 0 unspecified atom stereocenters. The van der Waals surface area contributed by atoms with E-state index in [0.717, 1.165) is 41.4 Å². The van der Waals surface area contributed by atoms with Crippen molar-refractivity contribution in [3.05, 3.63) is 70.1 Å². The van der Waals surface area contributed by atoms with E-state index in [-0.39, 0.29) is 5.56 Å². The Labute approximate surface area is 228 Å². The smallest absolute Gasteiger partial charge is 0.277 e. The maximum Gasteiger partial charge on any atom is 0.277 e. The lowest BCUT2D eigenvalue weighted by atomic mass is 10.1. The van der Waals surface area contributed by atoms with Gasteiger partial charge in [-0.05, 0) is 49.8 Å². The van der Waals surface area contributed by atoms with Crippen LogP contribution in [0, 0.1) is 0 Å². The number of anilines is 1. The second-order valence-corrected chi connectivity index (χ2v) is 9.77. The molecule has 9 heteroatoms. The SMILES string of the molecule is CCCOc1ccc(N(Cc2ccccc2)C(=NCC)SC)cc1-c1nc2c(CCC)nn(C)c2c(=O)[nH]1. The zero-order valence-electron chi connectivity index (χ0n) is 22.8. The Morgan fingerprint density at radius 3 is 2.61 bits per heavy atom. The van der Waals surface area contributed by atoms with Gasteiger partial charge in [-0.15, -0.1) is 0 Å². The molecule has 1 N–H and O–H groups in total. The molecule has 0 radical (unpaired) electrons. The molecule has 2 heterocycles. The standard InChI is InChI=1S/C29H36N6O2S/c1-6-12-23-25-26(34(4)33-23)28(36)32-27(31-25)22-18-21(15-16-24(22)37-17-7-2)35(29(38-5)30-8-3)19-20-13-10-9-11-14-20/h9-11,13-16,18H,6-8,12,17,19H2,1-5H3,(H,31,32,36). The minimum Gasteiger partial charge on any atom is -0.493 e. The number of rotatable bonds is 10. The number of fused-ring (bicyclic) bond motifs is 1. The normalized spacial score (nSPS) is 11.8. The topological polar surface area (TPSA) is 88.4 Å². The van der Waals surface area contributed by atoms with Crippen LogP contribution in [0.25, 0.3) is 22.4 Å². The molecule has 0 fully saturated rings.